The van der Waals surface area contributed by atoms with Crippen LogP contribution in [0.4, 0.5) is 0 Å². The Balaban J connectivity index is 2.91. The van der Waals surface area contributed by atoms with Crippen molar-refractivity contribution < 1.29 is 27.5 Å². The maximum Gasteiger partial charge on any atom is 0.307 e. The maximum absolute atomic E-state index is 12.7. The summed E-state index contributed by atoms with van der Waals surface area (Å²) in [6.07, 6.45) is 0.0797. The Bertz CT molecular complexity index is 700. The van der Waals surface area contributed by atoms with Gasteiger partial charge in [-0.3, -0.25) is 9.59 Å². The predicted octanol–water partition coefficient (Wildman–Crippen LogP) is 0.979. The van der Waals surface area contributed by atoms with Gasteiger partial charge in [0.1, 0.15) is 0 Å². The van der Waals surface area contributed by atoms with Crippen molar-refractivity contribution >= 4 is 21.9 Å². The highest BCUT2D eigenvalue weighted by atomic mass is 32.2. The molecule has 146 valence electrons. The van der Waals surface area contributed by atoms with E-state index in [4.69, 9.17) is 9.47 Å². The lowest BCUT2D eigenvalue weighted by Gasteiger charge is -2.22. The molecule has 1 amide bonds. The van der Waals surface area contributed by atoms with E-state index in [0.29, 0.717) is 18.7 Å². The second kappa shape index (κ2) is 10.2. The summed E-state index contributed by atoms with van der Waals surface area (Å²) in [6.45, 7) is 2.83. The van der Waals surface area contributed by atoms with Gasteiger partial charge in [0, 0.05) is 39.9 Å². The number of methoxy groups -OCH3 is 1. The Kier molecular flexibility index (Phi) is 8.70. The van der Waals surface area contributed by atoms with Gasteiger partial charge >= 0.3 is 5.97 Å². The molecule has 0 aromatic heterocycles. The summed E-state index contributed by atoms with van der Waals surface area (Å²) in [7, 11) is 0.850. The van der Waals surface area contributed by atoms with Crippen molar-refractivity contribution in [2.24, 2.45) is 0 Å². The van der Waals surface area contributed by atoms with Crippen molar-refractivity contribution in [3.8, 4) is 0 Å². The minimum atomic E-state index is -3.55. The second-order valence-electron chi connectivity index (χ2n) is 5.65. The number of hydrogen-bond donors (Lipinski definition) is 0. The summed E-state index contributed by atoms with van der Waals surface area (Å²) in [5.41, 5.74) is 0.336. The Labute approximate surface area is 154 Å². The minimum Gasteiger partial charge on any atom is -0.466 e. The molecule has 0 aliphatic carbocycles. The van der Waals surface area contributed by atoms with E-state index in [0.717, 1.165) is 4.31 Å². The molecule has 0 bridgehead atoms. The van der Waals surface area contributed by atoms with Gasteiger partial charge in [-0.1, -0.05) is 0 Å². The van der Waals surface area contributed by atoms with Gasteiger partial charge in [-0.15, -0.1) is 0 Å². The average molecular weight is 386 g/mol. The average Bonchev–Trinajstić information content (AvgIpc) is 2.61. The van der Waals surface area contributed by atoms with Crippen LogP contribution in [0.2, 0.25) is 0 Å². The summed E-state index contributed by atoms with van der Waals surface area (Å²) < 4.78 is 35.2. The normalized spacial score (nSPS) is 11.4. The zero-order valence-electron chi connectivity index (χ0n) is 15.6. The van der Waals surface area contributed by atoms with Crippen LogP contribution < -0.4 is 0 Å². The molecule has 0 aliphatic rings. The van der Waals surface area contributed by atoms with Gasteiger partial charge in [-0.2, -0.15) is 0 Å². The first-order chi connectivity index (χ1) is 12.2. The zero-order valence-corrected chi connectivity index (χ0v) is 16.4. The highest BCUT2D eigenvalue weighted by Crippen LogP contribution is 2.15. The van der Waals surface area contributed by atoms with Gasteiger partial charge in [0.15, 0.2) is 0 Å². The summed E-state index contributed by atoms with van der Waals surface area (Å²) in [6, 6.07) is 5.70. The van der Waals surface area contributed by atoms with Crippen molar-refractivity contribution in [3.05, 3.63) is 29.8 Å². The van der Waals surface area contributed by atoms with E-state index in [2.05, 4.69) is 0 Å². The topological polar surface area (TPSA) is 93.2 Å². The fraction of sp³-hybridized carbons (Fsp3) is 0.529. The number of carbonyl (C=O) groups is 2. The lowest BCUT2D eigenvalue weighted by atomic mass is 10.2. The first-order valence-electron chi connectivity index (χ1n) is 8.20. The zero-order chi connectivity index (χ0) is 19.7. The molecule has 0 unspecified atom stereocenters. The lowest BCUT2D eigenvalue weighted by Crippen LogP contribution is -2.36. The van der Waals surface area contributed by atoms with E-state index in [-0.39, 0.29) is 36.3 Å². The number of amides is 1. The van der Waals surface area contributed by atoms with Crippen LogP contribution in [-0.2, 0) is 24.3 Å². The number of rotatable bonds is 10. The standard InChI is InChI=1S/C17H26N2O6S/c1-5-25-16(20)10-11-19(12-13-24-4)17(21)14-6-8-15(9-7-14)26(22,23)18(2)3/h6-9H,5,10-13H2,1-4H3. The van der Waals surface area contributed by atoms with E-state index in [1.165, 1.54) is 50.4 Å². The third-order valence-electron chi connectivity index (χ3n) is 3.62. The fourth-order valence-electron chi connectivity index (χ4n) is 2.14. The van der Waals surface area contributed by atoms with E-state index in [9.17, 15) is 18.0 Å². The second-order valence-corrected chi connectivity index (χ2v) is 7.80. The molecule has 0 N–H and O–H groups in total. The molecule has 0 atom stereocenters. The van der Waals surface area contributed by atoms with Gasteiger partial charge in [-0.05, 0) is 31.2 Å². The van der Waals surface area contributed by atoms with Crippen molar-refractivity contribution in [1.82, 2.24) is 9.21 Å². The van der Waals surface area contributed by atoms with Gasteiger partial charge in [0.25, 0.3) is 5.91 Å². The third kappa shape index (κ3) is 6.08. The molecule has 8 nitrogen and oxygen atoms in total. The van der Waals surface area contributed by atoms with Crippen LogP contribution in [0.5, 0.6) is 0 Å². The van der Waals surface area contributed by atoms with Crippen LogP contribution in [0, 0.1) is 0 Å². The quantitative estimate of drug-likeness (QED) is 0.557. The Morgan fingerprint density at radius 2 is 1.69 bits per heavy atom. The molecule has 0 aliphatic heterocycles. The Morgan fingerprint density at radius 1 is 1.08 bits per heavy atom. The number of nitrogens with zero attached hydrogens (tertiary/aromatic N) is 2. The van der Waals surface area contributed by atoms with Crippen LogP contribution in [0.1, 0.15) is 23.7 Å². The van der Waals surface area contributed by atoms with Crippen LogP contribution in [-0.4, -0.2) is 77.0 Å². The summed E-state index contributed by atoms with van der Waals surface area (Å²) >= 11 is 0. The molecule has 0 fully saturated rings. The van der Waals surface area contributed by atoms with Gasteiger partial charge in [-0.25, -0.2) is 12.7 Å². The monoisotopic (exact) mass is 386 g/mol. The number of esters is 1. The number of carbonyl (C=O) groups excluding carboxylic acids is 2. The molecule has 1 aromatic rings. The van der Waals surface area contributed by atoms with Crippen molar-refractivity contribution in [2.45, 2.75) is 18.2 Å². The van der Waals surface area contributed by atoms with Crippen molar-refractivity contribution in [3.63, 3.8) is 0 Å². The van der Waals surface area contributed by atoms with Crippen molar-refractivity contribution in [2.75, 3.05) is 47.5 Å². The molecule has 0 heterocycles. The molecule has 9 heteroatoms. The van der Waals surface area contributed by atoms with E-state index < -0.39 is 10.0 Å². The van der Waals surface area contributed by atoms with Crippen molar-refractivity contribution in [1.29, 1.82) is 0 Å². The summed E-state index contributed by atoms with van der Waals surface area (Å²) in [4.78, 5) is 25.8. The molecule has 0 saturated carbocycles. The molecule has 0 radical (unpaired) electrons. The molecule has 0 spiro atoms. The first kappa shape index (κ1) is 22.1. The predicted molar refractivity (Wildman–Crippen MR) is 96.3 cm³/mol. The number of hydrogen-bond acceptors (Lipinski definition) is 6. The van der Waals surface area contributed by atoms with E-state index >= 15 is 0 Å². The Hall–Kier alpha value is -1.97. The number of sulfonamides is 1. The van der Waals surface area contributed by atoms with E-state index in [1.54, 1.807) is 6.92 Å². The highest BCUT2D eigenvalue weighted by molar-refractivity contribution is 7.89. The third-order valence-corrected chi connectivity index (χ3v) is 5.45. The molecular formula is C17H26N2O6S. The molecule has 26 heavy (non-hydrogen) atoms. The molecule has 0 saturated heterocycles. The Morgan fingerprint density at radius 3 is 2.19 bits per heavy atom. The molecule has 1 aromatic carbocycles. The smallest absolute Gasteiger partial charge is 0.307 e. The number of benzene rings is 1. The summed E-state index contributed by atoms with van der Waals surface area (Å²) in [5.74, 6) is -0.685. The van der Waals surface area contributed by atoms with E-state index in [1.807, 2.05) is 0 Å². The van der Waals surface area contributed by atoms with Crippen LogP contribution >= 0.6 is 0 Å². The largest absolute Gasteiger partial charge is 0.466 e. The van der Waals surface area contributed by atoms with Crippen LogP contribution in [0.15, 0.2) is 29.2 Å². The summed E-state index contributed by atoms with van der Waals surface area (Å²) in [5, 5.41) is 0. The maximum atomic E-state index is 12.7. The number of ether oxygens (including phenoxy) is 2. The van der Waals surface area contributed by atoms with Crippen LogP contribution in [0.3, 0.4) is 0 Å². The first-order valence-corrected chi connectivity index (χ1v) is 9.64. The van der Waals surface area contributed by atoms with Gasteiger partial charge in [0.2, 0.25) is 10.0 Å². The molecular weight excluding hydrogens is 360 g/mol. The van der Waals surface area contributed by atoms with Gasteiger partial charge < -0.3 is 14.4 Å². The molecule has 1 rings (SSSR count). The van der Waals surface area contributed by atoms with Crippen LogP contribution in [0.25, 0.3) is 0 Å². The minimum absolute atomic E-state index is 0.0797. The SMILES string of the molecule is CCOC(=O)CCN(CCOC)C(=O)c1ccc(S(=O)(=O)N(C)C)cc1. The highest BCUT2D eigenvalue weighted by Gasteiger charge is 2.20. The van der Waals surface area contributed by atoms with Gasteiger partial charge in [0.05, 0.1) is 24.5 Å². The lowest BCUT2D eigenvalue weighted by molar-refractivity contribution is -0.143. The fourth-order valence-corrected chi connectivity index (χ4v) is 3.04.